The third-order valence-corrected chi connectivity index (χ3v) is 4.68. The van der Waals surface area contributed by atoms with Crippen LogP contribution in [-0.4, -0.2) is 49.6 Å². The van der Waals surface area contributed by atoms with Gasteiger partial charge >= 0.3 is 6.03 Å². The number of carbonyl (C=O) groups is 2. The third kappa shape index (κ3) is 7.46. The summed E-state index contributed by atoms with van der Waals surface area (Å²) in [4.78, 5) is 26.1. The minimum atomic E-state index is -0.681. The molecule has 0 aliphatic heterocycles. The zero-order valence-corrected chi connectivity index (χ0v) is 17.0. The van der Waals surface area contributed by atoms with Gasteiger partial charge in [-0.1, -0.05) is 45.7 Å². The molecule has 2 unspecified atom stereocenters. The first-order valence-corrected chi connectivity index (χ1v) is 9.68. The molecule has 0 radical (unpaired) electrons. The van der Waals surface area contributed by atoms with Crippen molar-refractivity contribution in [2.24, 2.45) is 5.73 Å². The van der Waals surface area contributed by atoms with Gasteiger partial charge in [-0.25, -0.2) is 4.79 Å². The van der Waals surface area contributed by atoms with Gasteiger partial charge in [0.25, 0.3) is 0 Å². The molecule has 1 rings (SSSR count). The van der Waals surface area contributed by atoms with E-state index in [1.165, 1.54) is 0 Å². The van der Waals surface area contributed by atoms with Crippen LogP contribution in [0.25, 0.3) is 0 Å². The smallest absolute Gasteiger partial charge is 0.312 e. The minimum Gasteiger partial charge on any atom is -0.497 e. The highest BCUT2D eigenvalue weighted by Gasteiger charge is 2.23. The number of amides is 3. The second-order valence-corrected chi connectivity index (χ2v) is 6.46. The number of nitrogens with zero attached hydrogens (tertiary/aromatic N) is 1. The van der Waals surface area contributed by atoms with E-state index in [-0.39, 0.29) is 11.9 Å². The number of hydrogen-bond donors (Lipinski definition) is 3. The van der Waals surface area contributed by atoms with E-state index >= 15 is 0 Å². The van der Waals surface area contributed by atoms with Gasteiger partial charge in [-0.05, 0) is 37.2 Å². The van der Waals surface area contributed by atoms with Gasteiger partial charge in [0, 0.05) is 6.54 Å². The van der Waals surface area contributed by atoms with E-state index < -0.39 is 12.1 Å². The quantitative estimate of drug-likeness (QED) is 0.520. The van der Waals surface area contributed by atoms with Gasteiger partial charge in [-0.15, -0.1) is 0 Å². The monoisotopic (exact) mass is 378 g/mol. The van der Waals surface area contributed by atoms with E-state index in [2.05, 4.69) is 29.4 Å². The molecule has 0 aromatic heterocycles. The van der Waals surface area contributed by atoms with Crippen molar-refractivity contribution in [3.05, 3.63) is 29.8 Å². The number of ether oxygens (including phenoxy) is 1. The molecule has 0 fully saturated rings. The Balaban J connectivity index is 2.90. The summed E-state index contributed by atoms with van der Waals surface area (Å²) in [7, 11) is 1.64. The predicted molar refractivity (Wildman–Crippen MR) is 108 cm³/mol. The third-order valence-electron chi connectivity index (χ3n) is 4.68. The van der Waals surface area contributed by atoms with E-state index in [0.717, 1.165) is 37.2 Å². The van der Waals surface area contributed by atoms with Crippen LogP contribution < -0.4 is 21.1 Å². The standard InChI is InChI=1S/C20H34N4O3/c1-5-8-12-17(23-20(21)26)19(25)22-14-18(24(6-2)7-3)15-10-9-11-16(13-15)27-4/h9-11,13,17-18H,5-8,12,14H2,1-4H3,(H,22,25)(H3,21,23,26). The number of rotatable bonds is 12. The second-order valence-electron chi connectivity index (χ2n) is 6.46. The summed E-state index contributed by atoms with van der Waals surface area (Å²) in [5.74, 6) is 0.578. The van der Waals surface area contributed by atoms with Crippen LogP contribution in [0.3, 0.4) is 0 Å². The molecular formula is C20H34N4O3. The van der Waals surface area contributed by atoms with Crippen molar-refractivity contribution in [3.8, 4) is 5.75 Å². The van der Waals surface area contributed by atoms with Gasteiger partial charge in [0.05, 0.1) is 13.2 Å². The fourth-order valence-corrected chi connectivity index (χ4v) is 3.14. The van der Waals surface area contributed by atoms with Crippen LogP contribution in [0.4, 0.5) is 4.79 Å². The lowest BCUT2D eigenvalue weighted by atomic mass is 10.0. The van der Waals surface area contributed by atoms with Gasteiger partial charge < -0.3 is 21.1 Å². The predicted octanol–water partition coefficient (Wildman–Crippen LogP) is 2.42. The van der Waals surface area contributed by atoms with Crippen LogP contribution in [-0.2, 0) is 4.79 Å². The molecule has 7 heteroatoms. The van der Waals surface area contributed by atoms with Gasteiger partial charge in [0.1, 0.15) is 11.8 Å². The van der Waals surface area contributed by atoms with E-state index in [1.807, 2.05) is 31.2 Å². The Hall–Kier alpha value is -2.28. The SMILES string of the molecule is CCCCC(NC(N)=O)C(=O)NCC(c1cccc(OC)c1)N(CC)CC. The molecule has 2 atom stereocenters. The number of nitrogens with one attached hydrogen (secondary N) is 2. The number of unbranched alkanes of at least 4 members (excludes halogenated alkanes) is 1. The van der Waals surface area contributed by atoms with E-state index in [9.17, 15) is 9.59 Å². The summed E-state index contributed by atoms with van der Waals surface area (Å²) < 4.78 is 5.34. The zero-order chi connectivity index (χ0) is 20.2. The highest BCUT2D eigenvalue weighted by molar-refractivity contribution is 5.86. The Bertz CT molecular complexity index is 590. The van der Waals surface area contributed by atoms with Crippen molar-refractivity contribution >= 4 is 11.9 Å². The van der Waals surface area contributed by atoms with Gasteiger partial charge in [0.15, 0.2) is 0 Å². The number of urea groups is 1. The first-order chi connectivity index (χ1) is 13.0. The molecule has 0 aliphatic carbocycles. The molecule has 4 N–H and O–H groups in total. The number of primary amides is 1. The molecule has 1 aromatic carbocycles. The number of nitrogens with two attached hydrogens (primary N) is 1. The molecule has 3 amide bonds. The second kappa shape index (κ2) is 12.2. The Morgan fingerprint density at radius 2 is 1.93 bits per heavy atom. The fourth-order valence-electron chi connectivity index (χ4n) is 3.14. The highest BCUT2D eigenvalue weighted by atomic mass is 16.5. The Kier molecular flexibility index (Phi) is 10.3. The lowest BCUT2D eigenvalue weighted by molar-refractivity contribution is -0.123. The zero-order valence-electron chi connectivity index (χ0n) is 17.0. The molecule has 0 heterocycles. The molecular weight excluding hydrogens is 344 g/mol. The summed E-state index contributed by atoms with van der Waals surface area (Å²) >= 11 is 0. The fraction of sp³-hybridized carbons (Fsp3) is 0.600. The summed E-state index contributed by atoms with van der Waals surface area (Å²) in [5, 5.41) is 5.54. The minimum absolute atomic E-state index is 0.0134. The first kappa shape index (κ1) is 22.8. The maximum Gasteiger partial charge on any atom is 0.312 e. The van der Waals surface area contributed by atoms with E-state index in [1.54, 1.807) is 7.11 Å². The molecule has 27 heavy (non-hydrogen) atoms. The lowest BCUT2D eigenvalue weighted by Crippen LogP contribution is -2.50. The molecule has 0 saturated carbocycles. The summed E-state index contributed by atoms with van der Waals surface area (Å²) in [6, 6.07) is 6.60. The largest absolute Gasteiger partial charge is 0.497 e. The Morgan fingerprint density at radius 3 is 2.48 bits per heavy atom. The van der Waals surface area contributed by atoms with Gasteiger partial charge in [-0.2, -0.15) is 0 Å². The number of hydrogen-bond acceptors (Lipinski definition) is 4. The van der Waals surface area contributed by atoms with Crippen LogP contribution in [0, 0.1) is 0 Å². The van der Waals surface area contributed by atoms with Crippen LogP contribution in [0.15, 0.2) is 24.3 Å². The van der Waals surface area contributed by atoms with Crippen molar-refractivity contribution in [1.29, 1.82) is 0 Å². The van der Waals surface area contributed by atoms with Crippen LogP contribution in [0.5, 0.6) is 5.75 Å². The molecule has 0 saturated heterocycles. The first-order valence-electron chi connectivity index (χ1n) is 9.68. The molecule has 152 valence electrons. The maximum absolute atomic E-state index is 12.6. The van der Waals surface area contributed by atoms with Gasteiger partial charge in [-0.3, -0.25) is 9.69 Å². The summed E-state index contributed by atoms with van der Waals surface area (Å²) in [5.41, 5.74) is 6.30. The van der Waals surface area contributed by atoms with Crippen LogP contribution in [0.2, 0.25) is 0 Å². The highest BCUT2D eigenvalue weighted by Crippen LogP contribution is 2.23. The van der Waals surface area contributed by atoms with Crippen LogP contribution in [0.1, 0.15) is 51.6 Å². The van der Waals surface area contributed by atoms with Crippen molar-refractivity contribution in [2.75, 3.05) is 26.7 Å². The van der Waals surface area contributed by atoms with Crippen molar-refractivity contribution < 1.29 is 14.3 Å². The average molecular weight is 379 g/mol. The molecule has 7 nitrogen and oxygen atoms in total. The van der Waals surface area contributed by atoms with Crippen molar-refractivity contribution in [2.45, 2.75) is 52.1 Å². The van der Waals surface area contributed by atoms with Gasteiger partial charge in [0.2, 0.25) is 5.91 Å². The number of methoxy groups -OCH3 is 1. The molecule has 0 aliphatic rings. The topological polar surface area (TPSA) is 96.7 Å². The van der Waals surface area contributed by atoms with E-state index in [0.29, 0.717) is 13.0 Å². The van der Waals surface area contributed by atoms with Crippen molar-refractivity contribution in [1.82, 2.24) is 15.5 Å². The lowest BCUT2D eigenvalue weighted by Gasteiger charge is -2.31. The summed E-state index contributed by atoms with van der Waals surface area (Å²) in [6.45, 7) is 8.38. The number of benzene rings is 1. The molecule has 0 spiro atoms. The molecule has 1 aromatic rings. The van der Waals surface area contributed by atoms with Crippen molar-refractivity contribution in [3.63, 3.8) is 0 Å². The Morgan fingerprint density at radius 1 is 1.22 bits per heavy atom. The number of carbonyl (C=O) groups excluding carboxylic acids is 2. The molecule has 0 bridgehead atoms. The normalized spacial score (nSPS) is 13.1. The Labute approximate surface area is 162 Å². The van der Waals surface area contributed by atoms with E-state index in [4.69, 9.17) is 10.5 Å². The van der Waals surface area contributed by atoms with Crippen LogP contribution >= 0.6 is 0 Å². The number of likely N-dealkylation sites (N-methyl/N-ethyl adjacent to an activating group) is 1. The average Bonchev–Trinajstić information content (AvgIpc) is 2.67. The summed E-state index contributed by atoms with van der Waals surface area (Å²) in [6.07, 6.45) is 2.35. The maximum atomic E-state index is 12.6.